The van der Waals surface area contributed by atoms with Gasteiger partial charge in [0.15, 0.2) is 5.11 Å². The third kappa shape index (κ3) is 2.74. The highest BCUT2D eigenvalue weighted by molar-refractivity contribution is 7.80. The highest BCUT2D eigenvalue weighted by Crippen LogP contribution is 2.32. The maximum absolute atomic E-state index is 12.7. The summed E-state index contributed by atoms with van der Waals surface area (Å²) in [6.45, 7) is 3.38. The number of rotatable bonds is 2. The zero-order valence-corrected chi connectivity index (χ0v) is 14.2. The predicted octanol–water partition coefficient (Wildman–Crippen LogP) is 0.447. The van der Waals surface area contributed by atoms with Crippen molar-refractivity contribution in [2.75, 3.05) is 0 Å². The van der Waals surface area contributed by atoms with Crippen LogP contribution in [0.1, 0.15) is 52.4 Å². The Morgan fingerprint density at radius 3 is 2.57 bits per heavy atom. The van der Waals surface area contributed by atoms with Crippen LogP contribution in [-0.2, 0) is 14.4 Å². The lowest BCUT2D eigenvalue weighted by molar-refractivity contribution is -0.155. The summed E-state index contributed by atoms with van der Waals surface area (Å²) >= 11 is 5.10. The lowest BCUT2D eigenvalue weighted by Gasteiger charge is -2.46. The summed E-state index contributed by atoms with van der Waals surface area (Å²) in [6, 6.07) is -0.530. The summed E-state index contributed by atoms with van der Waals surface area (Å²) < 4.78 is 0. The topological polar surface area (TPSA) is 81.8 Å². The molecule has 0 aromatic rings. The van der Waals surface area contributed by atoms with Gasteiger partial charge in [0.25, 0.3) is 0 Å². The lowest BCUT2D eigenvalue weighted by atomic mass is 9.95. The Hall–Kier alpha value is -1.54. The van der Waals surface area contributed by atoms with Crippen LogP contribution in [-0.4, -0.2) is 50.5 Å². The number of amides is 3. The third-order valence-electron chi connectivity index (χ3n) is 4.91. The quantitative estimate of drug-likeness (QED) is 0.715. The van der Waals surface area contributed by atoms with E-state index >= 15 is 0 Å². The van der Waals surface area contributed by atoms with Gasteiger partial charge in [0, 0.05) is 6.04 Å². The van der Waals surface area contributed by atoms with Gasteiger partial charge in [0.1, 0.15) is 11.6 Å². The SMILES string of the molecule is CC1(C)C(=O)NC(=S)N2C(=O)CC(C(=O)NC3CCCCC3)N21. The van der Waals surface area contributed by atoms with Gasteiger partial charge < -0.3 is 5.32 Å². The first-order valence-corrected chi connectivity index (χ1v) is 8.51. The summed E-state index contributed by atoms with van der Waals surface area (Å²) in [5.74, 6) is -0.755. The summed E-state index contributed by atoms with van der Waals surface area (Å²) in [5.41, 5.74) is -1.01. The van der Waals surface area contributed by atoms with E-state index in [0.717, 1.165) is 25.7 Å². The second-order valence-corrected chi connectivity index (χ2v) is 7.32. The number of carbonyl (C=O) groups is 3. The summed E-state index contributed by atoms with van der Waals surface area (Å²) in [5, 5.41) is 8.43. The van der Waals surface area contributed by atoms with Crippen LogP contribution in [0.2, 0.25) is 0 Å². The molecule has 1 unspecified atom stereocenters. The molecule has 7 nitrogen and oxygen atoms in total. The first-order valence-electron chi connectivity index (χ1n) is 8.10. The highest BCUT2D eigenvalue weighted by atomic mass is 32.1. The van der Waals surface area contributed by atoms with Crippen molar-refractivity contribution in [1.82, 2.24) is 20.7 Å². The van der Waals surface area contributed by atoms with Gasteiger partial charge in [-0.25, -0.2) is 5.01 Å². The van der Waals surface area contributed by atoms with E-state index < -0.39 is 11.6 Å². The number of nitrogens with zero attached hydrogens (tertiary/aromatic N) is 2. The second kappa shape index (κ2) is 5.83. The normalized spacial score (nSPS) is 28.5. The van der Waals surface area contributed by atoms with Gasteiger partial charge in [-0.15, -0.1) is 0 Å². The van der Waals surface area contributed by atoms with E-state index in [1.807, 2.05) is 0 Å². The minimum Gasteiger partial charge on any atom is -0.352 e. The average molecular weight is 338 g/mol. The van der Waals surface area contributed by atoms with Crippen molar-refractivity contribution in [2.24, 2.45) is 0 Å². The van der Waals surface area contributed by atoms with Crippen LogP contribution >= 0.6 is 12.2 Å². The monoisotopic (exact) mass is 338 g/mol. The molecule has 3 fully saturated rings. The van der Waals surface area contributed by atoms with Crippen LogP contribution in [0.5, 0.6) is 0 Å². The van der Waals surface area contributed by atoms with Gasteiger partial charge in [-0.1, -0.05) is 19.3 Å². The van der Waals surface area contributed by atoms with Gasteiger partial charge >= 0.3 is 0 Å². The molecule has 3 amide bonds. The first kappa shape index (κ1) is 16.3. The maximum Gasteiger partial charge on any atom is 0.248 e. The number of carbonyl (C=O) groups excluding carboxylic acids is 3. The molecule has 1 atom stereocenters. The minimum absolute atomic E-state index is 0.0388. The summed E-state index contributed by atoms with van der Waals surface area (Å²) in [7, 11) is 0. The van der Waals surface area contributed by atoms with E-state index in [2.05, 4.69) is 10.6 Å². The number of fused-ring (bicyclic) bond motifs is 1. The molecule has 0 aromatic carbocycles. The largest absolute Gasteiger partial charge is 0.352 e. The molecule has 2 heterocycles. The van der Waals surface area contributed by atoms with Gasteiger partial charge in [-0.3, -0.25) is 19.7 Å². The molecule has 2 aliphatic heterocycles. The highest BCUT2D eigenvalue weighted by Gasteiger charge is 2.56. The zero-order valence-electron chi connectivity index (χ0n) is 13.4. The van der Waals surface area contributed by atoms with E-state index in [1.165, 1.54) is 16.4 Å². The molecule has 126 valence electrons. The second-order valence-electron chi connectivity index (χ2n) is 6.93. The zero-order chi connectivity index (χ0) is 16.8. The molecule has 0 radical (unpaired) electrons. The molecule has 0 aromatic heterocycles. The van der Waals surface area contributed by atoms with Crippen molar-refractivity contribution < 1.29 is 14.4 Å². The third-order valence-corrected chi connectivity index (χ3v) is 5.19. The number of thiocarbonyl (C=S) groups is 1. The van der Waals surface area contributed by atoms with Crippen molar-refractivity contribution in [3.63, 3.8) is 0 Å². The van der Waals surface area contributed by atoms with Crippen LogP contribution in [0.15, 0.2) is 0 Å². The van der Waals surface area contributed by atoms with Crippen LogP contribution < -0.4 is 10.6 Å². The van der Waals surface area contributed by atoms with Gasteiger partial charge in [-0.2, -0.15) is 5.01 Å². The average Bonchev–Trinajstić information content (AvgIpc) is 2.85. The van der Waals surface area contributed by atoms with Crippen molar-refractivity contribution >= 4 is 35.1 Å². The van der Waals surface area contributed by atoms with Crippen molar-refractivity contribution in [2.45, 2.75) is 70.0 Å². The van der Waals surface area contributed by atoms with Crippen LogP contribution in [0.3, 0.4) is 0 Å². The van der Waals surface area contributed by atoms with E-state index in [9.17, 15) is 14.4 Å². The standard InChI is InChI=1S/C15H22N4O3S/c1-15(2)13(22)17-14(23)18-11(20)8-10(19(15)18)12(21)16-9-6-4-3-5-7-9/h9-10H,3-8H2,1-2H3,(H,16,21)(H,17,22,23). The Morgan fingerprint density at radius 1 is 1.26 bits per heavy atom. The van der Waals surface area contributed by atoms with Crippen molar-refractivity contribution in [3.8, 4) is 0 Å². The van der Waals surface area contributed by atoms with E-state index in [4.69, 9.17) is 12.2 Å². The molecule has 2 saturated heterocycles. The van der Waals surface area contributed by atoms with Crippen molar-refractivity contribution in [3.05, 3.63) is 0 Å². The molecular formula is C15H22N4O3S. The number of hydrazine groups is 1. The summed E-state index contributed by atoms with van der Waals surface area (Å²) in [4.78, 5) is 37.2. The molecule has 3 aliphatic rings. The lowest BCUT2D eigenvalue weighted by Crippen LogP contribution is -2.71. The van der Waals surface area contributed by atoms with E-state index in [-0.39, 0.29) is 35.3 Å². The maximum atomic E-state index is 12.7. The number of hydrogen-bond acceptors (Lipinski definition) is 5. The van der Waals surface area contributed by atoms with Gasteiger partial charge in [0.2, 0.25) is 17.7 Å². The molecule has 0 bridgehead atoms. The molecule has 1 saturated carbocycles. The predicted molar refractivity (Wildman–Crippen MR) is 86.9 cm³/mol. The fourth-order valence-electron chi connectivity index (χ4n) is 3.60. The Kier molecular flexibility index (Phi) is 4.14. The Morgan fingerprint density at radius 2 is 1.91 bits per heavy atom. The smallest absolute Gasteiger partial charge is 0.248 e. The fourth-order valence-corrected chi connectivity index (χ4v) is 3.89. The molecular weight excluding hydrogens is 316 g/mol. The Bertz CT molecular complexity index is 571. The van der Waals surface area contributed by atoms with Crippen LogP contribution in [0, 0.1) is 0 Å². The van der Waals surface area contributed by atoms with Gasteiger partial charge in [0.05, 0.1) is 6.42 Å². The Labute approximate surface area is 140 Å². The Balaban J connectivity index is 1.81. The molecule has 2 N–H and O–H groups in total. The molecule has 23 heavy (non-hydrogen) atoms. The van der Waals surface area contributed by atoms with E-state index in [0.29, 0.717) is 0 Å². The molecule has 0 spiro atoms. The van der Waals surface area contributed by atoms with Crippen molar-refractivity contribution in [1.29, 1.82) is 0 Å². The molecule has 1 aliphatic carbocycles. The minimum atomic E-state index is -1.01. The van der Waals surface area contributed by atoms with Gasteiger partial charge in [-0.05, 0) is 38.9 Å². The fraction of sp³-hybridized carbons (Fsp3) is 0.733. The molecule has 8 heteroatoms. The first-order chi connectivity index (χ1) is 10.8. The number of nitrogens with one attached hydrogen (secondary N) is 2. The van der Waals surface area contributed by atoms with Crippen LogP contribution in [0.4, 0.5) is 0 Å². The van der Waals surface area contributed by atoms with E-state index in [1.54, 1.807) is 13.8 Å². The molecule has 3 rings (SSSR count). The summed E-state index contributed by atoms with van der Waals surface area (Å²) in [6.07, 6.45) is 5.41. The number of hydrogen-bond donors (Lipinski definition) is 2. The van der Waals surface area contributed by atoms with Crippen LogP contribution in [0.25, 0.3) is 0 Å².